The predicted molar refractivity (Wildman–Crippen MR) is 150 cm³/mol. The van der Waals surface area contributed by atoms with E-state index in [-0.39, 0.29) is 44.1 Å². The fourth-order valence-electron chi connectivity index (χ4n) is 4.83. The van der Waals surface area contributed by atoms with E-state index in [1.165, 1.54) is 15.5 Å². The summed E-state index contributed by atoms with van der Waals surface area (Å²) in [5.74, 6) is -0.557. The number of para-hydroxylation sites is 1. The Hall–Kier alpha value is -4.18. The Balaban J connectivity index is 1.74. The molecule has 10 heteroatoms. The first-order valence-corrected chi connectivity index (χ1v) is 13.1. The first kappa shape index (κ1) is 28.8. The Morgan fingerprint density at radius 2 is 1.77 bits per heavy atom. The number of hydrogen-bond acceptors (Lipinski definition) is 7. The van der Waals surface area contributed by atoms with E-state index in [1.54, 1.807) is 88.1 Å². The van der Waals surface area contributed by atoms with Crippen LogP contribution in [0.3, 0.4) is 0 Å². The highest BCUT2D eigenvalue weighted by Crippen LogP contribution is 2.30. The second-order valence-electron chi connectivity index (χ2n) is 10.6. The molecule has 10 nitrogen and oxygen atoms in total. The van der Waals surface area contributed by atoms with E-state index in [0.717, 1.165) is 5.56 Å². The van der Waals surface area contributed by atoms with Crippen LogP contribution in [0.2, 0.25) is 0 Å². The number of esters is 1. The van der Waals surface area contributed by atoms with E-state index in [2.05, 4.69) is 0 Å². The minimum atomic E-state index is -0.861. The van der Waals surface area contributed by atoms with Gasteiger partial charge in [-0.1, -0.05) is 24.3 Å². The normalized spacial score (nSPS) is 16.2. The number of carbonyl (C=O) groups excluding carboxylic acids is 3. The van der Waals surface area contributed by atoms with Crippen LogP contribution in [0.15, 0.2) is 53.3 Å². The number of piperidine rings is 1. The Morgan fingerprint density at radius 3 is 2.42 bits per heavy atom. The van der Waals surface area contributed by atoms with Gasteiger partial charge in [0.1, 0.15) is 17.4 Å². The number of amides is 2. The molecule has 3 aromatic rings. The lowest BCUT2D eigenvalue weighted by Crippen LogP contribution is -2.47. The van der Waals surface area contributed by atoms with Crippen molar-refractivity contribution in [2.24, 2.45) is 0 Å². The zero-order valence-electron chi connectivity index (χ0n) is 23.5. The number of fused-ring (bicyclic) bond motifs is 1. The largest absolute Gasteiger partial charge is 0.497 e. The standard InChI is InChI=1S/C30H35N3O7/c1-30(2,3)40-26(35)16-11-21-7-6-8-23-27(21)31(17-18-38-4)29(37)33(23)24-14-15-25(34)32(28(24)36)19-20-9-12-22(39-5)13-10-20/h6-13,16,24H,14-15,17-19H2,1-5H3/b16-11+. The molecule has 1 fully saturated rings. The molecule has 0 aliphatic carbocycles. The molecule has 1 unspecified atom stereocenters. The van der Waals surface area contributed by atoms with Gasteiger partial charge < -0.3 is 14.2 Å². The molecule has 212 valence electrons. The first-order chi connectivity index (χ1) is 19.0. The molecule has 2 heterocycles. The molecule has 1 atom stereocenters. The predicted octanol–water partition coefficient (Wildman–Crippen LogP) is 3.70. The number of aromatic nitrogens is 2. The molecule has 0 bridgehead atoms. The molecular weight excluding hydrogens is 514 g/mol. The van der Waals surface area contributed by atoms with Crippen LogP contribution < -0.4 is 10.4 Å². The molecule has 40 heavy (non-hydrogen) atoms. The Labute approximate surface area is 232 Å². The van der Waals surface area contributed by atoms with Gasteiger partial charge in [0.15, 0.2) is 0 Å². The zero-order valence-corrected chi connectivity index (χ0v) is 23.5. The van der Waals surface area contributed by atoms with E-state index in [0.29, 0.717) is 22.3 Å². The van der Waals surface area contributed by atoms with Gasteiger partial charge in [-0.25, -0.2) is 9.59 Å². The minimum absolute atomic E-state index is 0.0963. The minimum Gasteiger partial charge on any atom is -0.497 e. The van der Waals surface area contributed by atoms with Crippen LogP contribution in [0.5, 0.6) is 5.75 Å². The highest BCUT2D eigenvalue weighted by Gasteiger charge is 2.37. The van der Waals surface area contributed by atoms with Crippen molar-refractivity contribution in [1.29, 1.82) is 0 Å². The quantitative estimate of drug-likeness (QED) is 0.227. The molecule has 1 saturated heterocycles. The summed E-state index contributed by atoms with van der Waals surface area (Å²) in [5, 5.41) is 0. The van der Waals surface area contributed by atoms with Gasteiger partial charge in [-0.2, -0.15) is 0 Å². The number of methoxy groups -OCH3 is 2. The first-order valence-electron chi connectivity index (χ1n) is 13.1. The summed E-state index contributed by atoms with van der Waals surface area (Å²) in [4.78, 5) is 53.9. The second-order valence-corrected chi connectivity index (χ2v) is 10.6. The molecule has 2 amide bonds. The number of ether oxygens (including phenoxy) is 3. The van der Waals surface area contributed by atoms with Crippen LogP contribution in [0.1, 0.15) is 50.8 Å². The zero-order chi connectivity index (χ0) is 29.0. The van der Waals surface area contributed by atoms with Gasteiger partial charge in [-0.3, -0.25) is 23.6 Å². The molecule has 0 spiro atoms. The Bertz CT molecular complexity index is 1490. The number of imide groups is 1. The van der Waals surface area contributed by atoms with Gasteiger partial charge in [-0.05, 0) is 57.0 Å². The third kappa shape index (κ3) is 6.17. The topological polar surface area (TPSA) is 109 Å². The van der Waals surface area contributed by atoms with Crippen molar-refractivity contribution in [3.8, 4) is 5.75 Å². The summed E-state index contributed by atoms with van der Waals surface area (Å²) in [6.07, 6.45) is 3.26. The van der Waals surface area contributed by atoms with Crippen LogP contribution in [-0.4, -0.2) is 58.2 Å². The van der Waals surface area contributed by atoms with Gasteiger partial charge in [0.2, 0.25) is 5.91 Å². The summed E-state index contributed by atoms with van der Waals surface area (Å²) >= 11 is 0. The smallest absolute Gasteiger partial charge is 0.331 e. The lowest BCUT2D eigenvalue weighted by atomic mass is 10.0. The van der Waals surface area contributed by atoms with Crippen molar-refractivity contribution in [2.75, 3.05) is 20.8 Å². The fraction of sp³-hybridized carbons (Fsp3) is 0.400. The lowest BCUT2D eigenvalue weighted by Gasteiger charge is -2.31. The Morgan fingerprint density at radius 1 is 1.05 bits per heavy atom. The van der Waals surface area contributed by atoms with Crippen LogP contribution in [0.25, 0.3) is 17.1 Å². The molecule has 1 aliphatic heterocycles. The van der Waals surface area contributed by atoms with E-state index >= 15 is 0 Å². The summed E-state index contributed by atoms with van der Waals surface area (Å²) in [6.45, 7) is 5.96. The third-order valence-corrected chi connectivity index (χ3v) is 6.63. The second kappa shape index (κ2) is 11.9. The molecule has 0 radical (unpaired) electrons. The van der Waals surface area contributed by atoms with Gasteiger partial charge in [0.25, 0.3) is 5.91 Å². The van der Waals surface area contributed by atoms with Gasteiger partial charge in [0.05, 0.1) is 37.8 Å². The van der Waals surface area contributed by atoms with Crippen molar-refractivity contribution >= 4 is 34.9 Å². The Kier molecular flexibility index (Phi) is 8.58. The number of hydrogen-bond donors (Lipinski definition) is 0. The van der Waals surface area contributed by atoms with E-state index < -0.39 is 23.5 Å². The summed E-state index contributed by atoms with van der Waals surface area (Å²) in [7, 11) is 3.11. The SMILES string of the molecule is COCCn1c(=O)n(C2CCC(=O)N(Cc3ccc(OC)cc3)C2=O)c2cccc(/C=C/C(=O)OC(C)(C)C)c21. The van der Waals surface area contributed by atoms with E-state index in [1.807, 2.05) is 0 Å². The summed E-state index contributed by atoms with van der Waals surface area (Å²) in [5.41, 5.74) is 1.45. The van der Waals surface area contributed by atoms with Crippen LogP contribution in [-0.2, 0) is 36.9 Å². The fourth-order valence-corrected chi connectivity index (χ4v) is 4.83. The highest BCUT2D eigenvalue weighted by molar-refractivity contribution is 6.00. The van der Waals surface area contributed by atoms with Crippen molar-refractivity contribution in [2.45, 2.75) is 58.3 Å². The average Bonchev–Trinajstić information content (AvgIpc) is 3.19. The number of carbonyl (C=O) groups is 3. The van der Waals surface area contributed by atoms with E-state index in [9.17, 15) is 19.2 Å². The van der Waals surface area contributed by atoms with Crippen LogP contribution >= 0.6 is 0 Å². The maximum atomic E-state index is 13.8. The van der Waals surface area contributed by atoms with Crippen molar-refractivity contribution in [3.05, 3.63) is 70.2 Å². The highest BCUT2D eigenvalue weighted by atomic mass is 16.6. The van der Waals surface area contributed by atoms with Gasteiger partial charge >= 0.3 is 11.7 Å². The average molecular weight is 550 g/mol. The number of likely N-dealkylation sites (tertiary alicyclic amines) is 1. The molecule has 0 saturated carbocycles. The number of rotatable bonds is 9. The van der Waals surface area contributed by atoms with Gasteiger partial charge in [0, 0.05) is 25.2 Å². The molecule has 4 rings (SSSR count). The number of benzene rings is 2. The van der Waals surface area contributed by atoms with E-state index in [4.69, 9.17) is 14.2 Å². The van der Waals surface area contributed by atoms with Gasteiger partial charge in [-0.15, -0.1) is 0 Å². The lowest BCUT2D eigenvalue weighted by molar-refractivity contribution is -0.152. The molecular formula is C30H35N3O7. The summed E-state index contributed by atoms with van der Waals surface area (Å²) < 4.78 is 18.8. The van der Waals surface area contributed by atoms with Crippen molar-refractivity contribution in [3.63, 3.8) is 0 Å². The molecule has 1 aliphatic rings. The van der Waals surface area contributed by atoms with Crippen molar-refractivity contribution < 1.29 is 28.6 Å². The molecule has 1 aromatic heterocycles. The third-order valence-electron chi connectivity index (χ3n) is 6.63. The monoisotopic (exact) mass is 549 g/mol. The number of nitrogens with zero attached hydrogens (tertiary/aromatic N) is 3. The van der Waals surface area contributed by atoms with Crippen LogP contribution in [0.4, 0.5) is 0 Å². The maximum Gasteiger partial charge on any atom is 0.331 e. The number of imidazole rings is 1. The molecule has 0 N–H and O–H groups in total. The maximum absolute atomic E-state index is 13.8. The summed E-state index contributed by atoms with van der Waals surface area (Å²) in [6, 6.07) is 11.6. The molecule has 2 aromatic carbocycles. The van der Waals surface area contributed by atoms with Crippen molar-refractivity contribution in [1.82, 2.24) is 14.0 Å². The van der Waals surface area contributed by atoms with Crippen LogP contribution in [0, 0.1) is 0 Å².